The van der Waals surface area contributed by atoms with E-state index in [0.29, 0.717) is 23.9 Å². The van der Waals surface area contributed by atoms with Crippen molar-refractivity contribution in [3.63, 3.8) is 0 Å². The van der Waals surface area contributed by atoms with Crippen LogP contribution < -0.4 is 10.6 Å². The molecule has 9 heteroatoms. The number of nitrogens with one attached hydrogen (secondary N) is 2. The van der Waals surface area contributed by atoms with Crippen LogP contribution in [0.25, 0.3) is 0 Å². The van der Waals surface area contributed by atoms with E-state index in [1.807, 2.05) is 12.1 Å². The molecule has 1 aromatic carbocycles. The molecule has 0 aliphatic carbocycles. The van der Waals surface area contributed by atoms with Crippen molar-refractivity contribution in [1.82, 2.24) is 25.4 Å². The van der Waals surface area contributed by atoms with Crippen molar-refractivity contribution in [3.8, 4) is 0 Å². The van der Waals surface area contributed by atoms with Crippen molar-refractivity contribution in [2.75, 3.05) is 13.3 Å². The Hall–Kier alpha value is -2.42. The quantitative estimate of drug-likeness (QED) is 0.587. The van der Waals surface area contributed by atoms with Crippen LogP contribution in [0, 0.1) is 6.92 Å². The number of benzene rings is 1. The summed E-state index contributed by atoms with van der Waals surface area (Å²) in [5.41, 5.74) is 1.73. The summed E-state index contributed by atoms with van der Waals surface area (Å²) in [7, 11) is -1.48. The summed E-state index contributed by atoms with van der Waals surface area (Å²) in [6.45, 7) is 3.87. The zero-order chi connectivity index (χ0) is 19.4. The Labute approximate surface area is 160 Å². The Balaban J connectivity index is 1.58. The average molecular weight is 391 g/mol. The minimum atomic E-state index is -3.20. The van der Waals surface area contributed by atoms with Gasteiger partial charge in [0.05, 0.1) is 11.4 Å². The molecule has 0 bridgehead atoms. The fourth-order valence-electron chi connectivity index (χ4n) is 3.31. The molecule has 2 N–H and O–H groups in total. The highest BCUT2D eigenvalue weighted by Gasteiger charge is 2.15. The van der Waals surface area contributed by atoms with Crippen LogP contribution in [0.15, 0.2) is 28.1 Å². The Morgan fingerprint density at radius 1 is 1.22 bits per heavy atom. The van der Waals surface area contributed by atoms with E-state index in [9.17, 15) is 8.42 Å². The second kappa shape index (κ2) is 8.08. The maximum absolute atomic E-state index is 11.7. The number of aromatic nitrogens is 3. The van der Waals surface area contributed by atoms with Crippen LogP contribution in [0.2, 0.25) is 0 Å². The molecule has 2 heterocycles. The van der Waals surface area contributed by atoms with Crippen LogP contribution in [0.3, 0.4) is 0 Å². The number of sulfone groups is 1. The number of rotatable bonds is 5. The molecular formula is C18H26N6O2S. The maximum Gasteiger partial charge on any atom is 0.191 e. The Morgan fingerprint density at radius 2 is 2.00 bits per heavy atom. The predicted molar refractivity (Wildman–Crippen MR) is 104 cm³/mol. The van der Waals surface area contributed by atoms with Gasteiger partial charge in [-0.1, -0.05) is 12.1 Å². The van der Waals surface area contributed by atoms with Gasteiger partial charge in [-0.15, -0.1) is 10.2 Å². The number of hydrogen-bond donors (Lipinski definition) is 2. The second-order valence-corrected chi connectivity index (χ2v) is 8.78. The van der Waals surface area contributed by atoms with Crippen LogP contribution in [0.4, 0.5) is 0 Å². The molecule has 0 radical (unpaired) electrons. The van der Waals surface area contributed by atoms with Crippen LogP contribution in [-0.2, 0) is 35.9 Å². The lowest BCUT2D eigenvalue weighted by atomic mass is 10.1. The number of fused-ring (bicyclic) bond motifs is 1. The van der Waals surface area contributed by atoms with Crippen molar-refractivity contribution in [2.24, 2.45) is 4.99 Å². The van der Waals surface area contributed by atoms with E-state index in [1.54, 1.807) is 20.0 Å². The highest BCUT2D eigenvalue weighted by atomic mass is 32.2. The summed E-state index contributed by atoms with van der Waals surface area (Å²) in [6.07, 6.45) is 4.55. The van der Waals surface area contributed by atoms with Gasteiger partial charge in [0.2, 0.25) is 0 Å². The highest BCUT2D eigenvalue weighted by molar-refractivity contribution is 7.90. The van der Waals surface area contributed by atoms with Crippen molar-refractivity contribution in [1.29, 1.82) is 0 Å². The van der Waals surface area contributed by atoms with Crippen molar-refractivity contribution >= 4 is 15.8 Å². The third-order valence-corrected chi connectivity index (χ3v) is 5.93. The highest BCUT2D eigenvalue weighted by Crippen LogP contribution is 2.16. The first-order chi connectivity index (χ1) is 12.9. The van der Waals surface area contributed by atoms with Gasteiger partial charge in [-0.25, -0.2) is 8.42 Å². The zero-order valence-corrected chi connectivity index (χ0v) is 16.8. The number of nitrogens with zero attached hydrogens (tertiary/aromatic N) is 4. The molecule has 0 fully saturated rings. The molecule has 0 atom stereocenters. The molecule has 1 aliphatic heterocycles. The third kappa shape index (κ3) is 4.65. The largest absolute Gasteiger partial charge is 0.352 e. The van der Waals surface area contributed by atoms with Crippen LogP contribution >= 0.6 is 0 Å². The van der Waals surface area contributed by atoms with Gasteiger partial charge in [0.15, 0.2) is 21.6 Å². The van der Waals surface area contributed by atoms with Crippen LogP contribution in [-0.4, -0.2) is 42.4 Å². The molecular weight excluding hydrogens is 364 g/mol. The third-order valence-electron chi connectivity index (χ3n) is 4.67. The first-order valence-electron chi connectivity index (χ1n) is 9.03. The molecule has 8 nitrogen and oxygen atoms in total. The van der Waals surface area contributed by atoms with Crippen molar-refractivity contribution < 1.29 is 8.42 Å². The van der Waals surface area contributed by atoms with Gasteiger partial charge >= 0.3 is 0 Å². The molecule has 1 aromatic heterocycles. The van der Waals surface area contributed by atoms with Crippen LogP contribution in [0.1, 0.15) is 35.6 Å². The minimum absolute atomic E-state index is 0.366. The lowest BCUT2D eigenvalue weighted by Crippen LogP contribution is -2.37. The summed E-state index contributed by atoms with van der Waals surface area (Å²) < 4.78 is 25.6. The van der Waals surface area contributed by atoms with Crippen LogP contribution in [0.5, 0.6) is 0 Å². The monoisotopic (exact) mass is 390 g/mol. The lowest BCUT2D eigenvalue weighted by Gasteiger charge is -2.16. The summed E-state index contributed by atoms with van der Waals surface area (Å²) in [4.78, 5) is 4.60. The summed E-state index contributed by atoms with van der Waals surface area (Å²) in [5.74, 6) is 2.64. The SMILES string of the molecule is CN=C(NCc1ccc(S(C)(=O)=O)c(C)c1)NCc1nnc2n1CCCC2. The molecule has 0 amide bonds. The lowest BCUT2D eigenvalue weighted by molar-refractivity contribution is 0.504. The molecule has 2 aromatic rings. The van der Waals surface area contributed by atoms with E-state index in [2.05, 4.69) is 30.4 Å². The number of aliphatic imine (C=N–C) groups is 1. The summed E-state index contributed by atoms with van der Waals surface area (Å²) in [5, 5.41) is 15.0. The molecule has 27 heavy (non-hydrogen) atoms. The topological polar surface area (TPSA) is 101 Å². The van der Waals surface area contributed by atoms with Gasteiger partial charge in [-0.2, -0.15) is 0 Å². The second-order valence-electron chi connectivity index (χ2n) is 6.79. The average Bonchev–Trinajstić information content (AvgIpc) is 3.04. The minimum Gasteiger partial charge on any atom is -0.352 e. The van der Waals surface area contributed by atoms with E-state index >= 15 is 0 Å². The van der Waals surface area contributed by atoms with E-state index in [-0.39, 0.29) is 0 Å². The molecule has 146 valence electrons. The van der Waals surface area contributed by atoms with E-state index < -0.39 is 9.84 Å². The number of guanidine groups is 1. The van der Waals surface area contributed by atoms with Crippen molar-refractivity contribution in [2.45, 2.75) is 50.7 Å². The molecule has 0 saturated carbocycles. The van der Waals surface area contributed by atoms with E-state index in [4.69, 9.17) is 0 Å². The molecule has 0 unspecified atom stereocenters. The normalized spacial score (nSPS) is 14.7. The fraction of sp³-hybridized carbons (Fsp3) is 0.500. The molecule has 1 aliphatic rings. The maximum atomic E-state index is 11.7. The van der Waals surface area contributed by atoms with Gasteiger partial charge < -0.3 is 15.2 Å². The van der Waals surface area contributed by atoms with Gasteiger partial charge in [0.25, 0.3) is 0 Å². The molecule has 0 spiro atoms. The number of hydrogen-bond acceptors (Lipinski definition) is 5. The summed E-state index contributed by atoms with van der Waals surface area (Å²) in [6, 6.07) is 5.35. The van der Waals surface area contributed by atoms with Gasteiger partial charge in [0.1, 0.15) is 5.82 Å². The first-order valence-corrected chi connectivity index (χ1v) is 10.9. The molecule has 0 saturated heterocycles. The van der Waals surface area contributed by atoms with Gasteiger partial charge in [-0.05, 0) is 37.0 Å². The zero-order valence-electron chi connectivity index (χ0n) is 16.0. The summed E-state index contributed by atoms with van der Waals surface area (Å²) >= 11 is 0. The Bertz CT molecular complexity index is 949. The first kappa shape index (κ1) is 19.3. The number of aryl methyl sites for hydroxylation is 2. The Morgan fingerprint density at radius 3 is 2.70 bits per heavy atom. The van der Waals surface area contributed by atoms with Gasteiger partial charge in [-0.3, -0.25) is 4.99 Å². The van der Waals surface area contributed by atoms with Gasteiger partial charge in [0, 0.05) is 32.8 Å². The predicted octanol–water partition coefficient (Wildman–Crippen LogP) is 1.19. The van der Waals surface area contributed by atoms with Crippen molar-refractivity contribution in [3.05, 3.63) is 41.0 Å². The fourth-order valence-corrected chi connectivity index (χ4v) is 4.26. The molecule has 3 rings (SSSR count). The van der Waals surface area contributed by atoms with E-state index in [1.165, 1.54) is 12.7 Å². The Kier molecular flexibility index (Phi) is 5.79. The standard InChI is InChI=1S/C18H26N6O2S/c1-13-10-14(7-8-15(13)27(3,25)26)11-20-18(19-2)21-12-17-23-22-16-6-4-5-9-24(16)17/h7-8,10H,4-6,9,11-12H2,1-3H3,(H2,19,20,21). The van der Waals surface area contributed by atoms with E-state index in [0.717, 1.165) is 42.2 Å². The smallest absolute Gasteiger partial charge is 0.191 e.